The van der Waals surface area contributed by atoms with Gasteiger partial charge in [0.1, 0.15) is 0 Å². The van der Waals surface area contributed by atoms with Crippen LogP contribution in [0.2, 0.25) is 0 Å². The van der Waals surface area contributed by atoms with Crippen LogP contribution in [0.1, 0.15) is 13.3 Å². The molecule has 0 fully saturated rings. The first-order valence-corrected chi connectivity index (χ1v) is 5.38. The SMILES string of the molecule is C=CCN(CCC)CCNCCOC. The Morgan fingerprint density at radius 3 is 2.71 bits per heavy atom. The minimum Gasteiger partial charge on any atom is -0.383 e. The molecule has 0 atom stereocenters. The molecule has 0 amide bonds. The summed E-state index contributed by atoms with van der Waals surface area (Å²) in [6.45, 7) is 11.9. The van der Waals surface area contributed by atoms with Crippen LogP contribution < -0.4 is 5.32 Å². The van der Waals surface area contributed by atoms with Crippen LogP contribution in [0.15, 0.2) is 12.7 Å². The van der Waals surface area contributed by atoms with E-state index in [9.17, 15) is 0 Å². The molecule has 3 heteroatoms. The molecule has 0 radical (unpaired) electrons. The third-order valence-electron chi connectivity index (χ3n) is 2.01. The molecule has 3 nitrogen and oxygen atoms in total. The van der Waals surface area contributed by atoms with Crippen LogP contribution in [-0.4, -0.2) is 51.3 Å². The molecule has 14 heavy (non-hydrogen) atoms. The van der Waals surface area contributed by atoms with Gasteiger partial charge >= 0.3 is 0 Å². The van der Waals surface area contributed by atoms with Crippen molar-refractivity contribution in [1.29, 1.82) is 0 Å². The predicted octanol–water partition coefficient (Wildman–Crippen LogP) is 1.12. The highest BCUT2D eigenvalue weighted by atomic mass is 16.5. The molecule has 0 unspecified atom stereocenters. The second kappa shape index (κ2) is 10.7. The lowest BCUT2D eigenvalue weighted by atomic mass is 10.4. The Morgan fingerprint density at radius 1 is 1.36 bits per heavy atom. The standard InChI is InChI=1S/C11H24N2O/c1-4-8-13(9-5-2)10-6-12-7-11-14-3/h4,12H,1,5-11H2,2-3H3. The zero-order chi connectivity index (χ0) is 10.6. The Morgan fingerprint density at radius 2 is 2.14 bits per heavy atom. The van der Waals surface area contributed by atoms with Crippen molar-refractivity contribution in [3.63, 3.8) is 0 Å². The van der Waals surface area contributed by atoms with Gasteiger partial charge in [0, 0.05) is 33.3 Å². The summed E-state index contributed by atoms with van der Waals surface area (Å²) in [6, 6.07) is 0. The maximum atomic E-state index is 4.95. The summed E-state index contributed by atoms with van der Waals surface area (Å²) in [7, 11) is 1.72. The van der Waals surface area contributed by atoms with Crippen LogP contribution in [0.25, 0.3) is 0 Å². The summed E-state index contributed by atoms with van der Waals surface area (Å²) in [5.41, 5.74) is 0. The molecule has 1 N–H and O–H groups in total. The third kappa shape index (κ3) is 8.23. The maximum absolute atomic E-state index is 4.95. The molecule has 0 aromatic rings. The molecule has 0 saturated carbocycles. The normalized spacial score (nSPS) is 10.8. The van der Waals surface area contributed by atoms with Crippen LogP contribution in [0, 0.1) is 0 Å². The van der Waals surface area contributed by atoms with Gasteiger partial charge in [-0.2, -0.15) is 0 Å². The Hall–Kier alpha value is -0.380. The molecule has 0 bridgehead atoms. The smallest absolute Gasteiger partial charge is 0.0587 e. The van der Waals surface area contributed by atoms with Crippen molar-refractivity contribution in [3.8, 4) is 0 Å². The van der Waals surface area contributed by atoms with Crippen molar-refractivity contribution in [1.82, 2.24) is 10.2 Å². The van der Waals surface area contributed by atoms with Gasteiger partial charge in [0.2, 0.25) is 0 Å². The van der Waals surface area contributed by atoms with Crippen molar-refractivity contribution >= 4 is 0 Å². The van der Waals surface area contributed by atoms with Gasteiger partial charge in [-0.15, -0.1) is 6.58 Å². The number of nitrogens with zero attached hydrogens (tertiary/aromatic N) is 1. The van der Waals surface area contributed by atoms with Crippen molar-refractivity contribution in [2.24, 2.45) is 0 Å². The highest BCUT2D eigenvalue weighted by Crippen LogP contribution is 1.90. The van der Waals surface area contributed by atoms with Crippen LogP contribution in [0.5, 0.6) is 0 Å². The first kappa shape index (κ1) is 13.6. The van der Waals surface area contributed by atoms with Crippen LogP contribution in [-0.2, 0) is 4.74 Å². The largest absolute Gasteiger partial charge is 0.383 e. The zero-order valence-electron chi connectivity index (χ0n) is 9.59. The number of rotatable bonds is 10. The Balaban J connectivity index is 3.35. The van der Waals surface area contributed by atoms with Crippen molar-refractivity contribution in [2.75, 3.05) is 46.4 Å². The van der Waals surface area contributed by atoms with E-state index in [-0.39, 0.29) is 0 Å². The van der Waals surface area contributed by atoms with Gasteiger partial charge in [-0.3, -0.25) is 4.90 Å². The van der Waals surface area contributed by atoms with Gasteiger partial charge < -0.3 is 10.1 Å². The fraction of sp³-hybridized carbons (Fsp3) is 0.818. The number of methoxy groups -OCH3 is 1. The molecule has 0 aromatic heterocycles. The number of nitrogens with one attached hydrogen (secondary N) is 1. The van der Waals surface area contributed by atoms with E-state index in [0.717, 1.165) is 39.3 Å². The van der Waals surface area contributed by atoms with Crippen LogP contribution in [0.4, 0.5) is 0 Å². The summed E-state index contributed by atoms with van der Waals surface area (Å²) < 4.78 is 4.95. The Kier molecular flexibility index (Phi) is 10.4. The fourth-order valence-electron chi connectivity index (χ4n) is 1.33. The summed E-state index contributed by atoms with van der Waals surface area (Å²) >= 11 is 0. The van der Waals surface area contributed by atoms with E-state index in [1.807, 2.05) is 6.08 Å². The topological polar surface area (TPSA) is 24.5 Å². The molecule has 0 aromatic carbocycles. The van der Waals surface area contributed by atoms with Gasteiger partial charge in [-0.25, -0.2) is 0 Å². The van der Waals surface area contributed by atoms with Gasteiger partial charge in [0.25, 0.3) is 0 Å². The highest BCUT2D eigenvalue weighted by Gasteiger charge is 1.99. The average Bonchev–Trinajstić information content (AvgIpc) is 2.18. The first-order chi connectivity index (χ1) is 6.85. The van der Waals surface area contributed by atoms with Gasteiger partial charge in [-0.1, -0.05) is 13.0 Å². The minimum absolute atomic E-state index is 0.787. The van der Waals surface area contributed by atoms with E-state index in [2.05, 4.69) is 23.7 Å². The maximum Gasteiger partial charge on any atom is 0.0587 e. The van der Waals surface area contributed by atoms with E-state index in [4.69, 9.17) is 4.74 Å². The van der Waals surface area contributed by atoms with Crippen LogP contribution in [0.3, 0.4) is 0 Å². The lowest BCUT2D eigenvalue weighted by Gasteiger charge is -2.19. The second-order valence-electron chi connectivity index (χ2n) is 3.33. The van der Waals surface area contributed by atoms with Gasteiger partial charge in [0.15, 0.2) is 0 Å². The highest BCUT2D eigenvalue weighted by molar-refractivity contribution is 4.73. The Labute approximate surface area is 88.1 Å². The molecular formula is C11H24N2O. The number of hydrogen-bond acceptors (Lipinski definition) is 3. The molecule has 0 aliphatic heterocycles. The summed E-state index contributed by atoms with van der Waals surface area (Å²) in [5, 5.41) is 3.33. The molecule has 84 valence electrons. The number of ether oxygens (including phenoxy) is 1. The van der Waals surface area contributed by atoms with E-state index < -0.39 is 0 Å². The first-order valence-electron chi connectivity index (χ1n) is 5.38. The van der Waals surface area contributed by atoms with E-state index in [0.29, 0.717) is 0 Å². The van der Waals surface area contributed by atoms with E-state index >= 15 is 0 Å². The van der Waals surface area contributed by atoms with Crippen molar-refractivity contribution in [3.05, 3.63) is 12.7 Å². The summed E-state index contributed by atoms with van der Waals surface area (Å²) in [5.74, 6) is 0. The molecule has 0 spiro atoms. The predicted molar refractivity (Wildman–Crippen MR) is 61.7 cm³/mol. The van der Waals surface area contributed by atoms with Crippen molar-refractivity contribution < 1.29 is 4.74 Å². The molecule has 0 aliphatic carbocycles. The molecule has 0 aliphatic rings. The molecule has 0 heterocycles. The van der Waals surface area contributed by atoms with Crippen LogP contribution >= 0.6 is 0 Å². The van der Waals surface area contributed by atoms with Crippen molar-refractivity contribution in [2.45, 2.75) is 13.3 Å². The number of hydrogen-bond donors (Lipinski definition) is 1. The summed E-state index contributed by atoms with van der Waals surface area (Å²) in [4.78, 5) is 2.40. The molecular weight excluding hydrogens is 176 g/mol. The second-order valence-corrected chi connectivity index (χ2v) is 3.33. The third-order valence-corrected chi connectivity index (χ3v) is 2.01. The van der Waals surface area contributed by atoms with Gasteiger partial charge in [-0.05, 0) is 13.0 Å². The zero-order valence-corrected chi connectivity index (χ0v) is 9.59. The Bertz CT molecular complexity index is 128. The van der Waals surface area contributed by atoms with E-state index in [1.54, 1.807) is 7.11 Å². The summed E-state index contributed by atoms with van der Waals surface area (Å²) in [6.07, 6.45) is 3.16. The lowest BCUT2D eigenvalue weighted by Crippen LogP contribution is -2.34. The van der Waals surface area contributed by atoms with Gasteiger partial charge in [0.05, 0.1) is 6.61 Å². The van der Waals surface area contributed by atoms with E-state index in [1.165, 1.54) is 6.42 Å². The monoisotopic (exact) mass is 200 g/mol. The average molecular weight is 200 g/mol. The molecule has 0 rings (SSSR count). The lowest BCUT2D eigenvalue weighted by molar-refractivity contribution is 0.197. The minimum atomic E-state index is 0.787. The fourth-order valence-corrected chi connectivity index (χ4v) is 1.33. The quantitative estimate of drug-likeness (QED) is 0.422. The molecule has 0 saturated heterocycles.